The van der Waals surface area contributed by atoms with Gasteiger partial charge in [0.2, 0.25) is 0 Å². The summed E-state index contributed by atoms with van der Waals surface area (Å²) in [5.74, 6) is 1.25. The Morgan fingerprint density at radius 1 is 0.875 bits per heavy atom. The molecule has 0 radical (unpaired) electrons. The maximum absolute atomic E-state index is 5.86. The smallest absolute Gasteiger partial charge is 0.130 e. The molecule has 0 aliphatic heterocycles. The molecule has 0 bridgehead atoms. The van der Waals surface area contributed by atoms with Crippen molar-refractivity contribution < 1.29 is 4.74 Å². The van der Waals surface area contributed by atoms with Crippen LogP contribution in [0.15, 0.2) is 42.5 Å². The number of hydrogen-bond acceptors (Lipinski definition) is 3. The molecule has 2 aromatic rings. The van der Waals surface area contributed by atoms with Gasteiger partial charge in [0.15, 0.2) is 0 Å². The molecule has 4 heteroatoms. The first-order valence-electron chi connectivity index (χ1n) is 4.73. The number of hydrogen-bond donors (Lipinski definition) is 2. The molecule has 0 unspecified atom stereocenters. The van der Waals surface area contributed by atoms with E-state index in [-0.39, 0.29) is 0 Å². The molecule has 0 spiro atoms. The van der Waals surface area contributed by atoms with Gasteiger partial charge in [0, 0.05) is 28.5 Å². The van der Waals surface area contributed by atoms with Crippen molar-refractivity contribution in [1.29, 1.82) is 0 Å². The van der Waals surface area contributed by atoms with Crippen LogP contribution in [0.1, 0.15) is 0 Å². The standard InChI is InChI=1S/C12H11ClN2O/c13-8-4-10(15)7-12(5-8)16-11-3-1-2-9(14)6-11/h1-7H,14-15H2. The number of nitrogen functional groups attached to an aromatic ring is 2. The van der Waals surface area contributed by atoms with Crippen LogP contribution in [0.2, 0.25) is 5.02 Å². The molecule has 0 heterocycles. The van der Waals surface area contributed by atoms with Gasteiger partial charge in [-0.3, -0.25) is 0 Å². The van der Waals surface area contributed by atoms with Crippen LogP contribution >= 0.6 is 11.6 Å². The first-order chi connectivity index (χ1) is 7.63. The van der Waals surface area contributed by atoms with Gasteiger partial charge in [0.1, 0.15) is 11.5 Å². The summed E-state index contributed by atoms with van der Waals surface area (Å²) in [4.78, 5) is 0. The van der Waals surface area contributed by atoms with E-state index in [0.717, 1.165) is 0 Å². The maximum atomic E-state index is 5.86. The molecule has 16 heavy (non-hydrogen) atoms. The largest absolute Gasteiger partial charge is 0.457 e. The monoisotopic (exact) mass is 234 g/mol. The molecule has 2 rings (SSSR count). The molecule has 0 aromatic heterocycles. The van der Waals surface area contributed by atoms with Crippen molar-refractivity contribution in [2.75, 3.05) is 11.5 Å². The first-order valence-corrected chi connectivity index (χ1v) is 5.11. The highest BCUT2D eigenvalue weighted by molar-refractivity contribution is 6.31. The van der Waals surface area contributed by atoms with Crippen molar-refractivity contribution in [3.8, 4) is 11.5 Å². The van der Waals surface area contributed by atoms with E-state index in [1.54, 1.807) is 30.3 Å². The van der Waals surface area contributed by atoms with E-state index in [1.165, 1.54) is 0 Å². The van der Waals surface area contributed by atoms with E-state index in [1.807, 2.05) is 12.1 Å². The predicted octanol–water partition coefficient (Wildman–Crippen LogP) is 3.30. The van der Waals surface area contributed by atoms with Crippen molar-refractivity contribution in [2.24, 2.45) is 0 Å². The molecule has 4 N–H and O–H groups in total. The zero-order chi connectivity index (χ0) is 11.5. The molecule has 0 aliphatic rings. The van der Waals surface area contributed by atoms with Crippen LogP contribution in [0, 0.1) is 0 Å². The lowest BCUT2D eigenvalue weighted by Gasteiger charge is -2.07. The van der Waals surface area contributed by atoms with Crippen molar-refractivity contribution in [2.45, 2.75) is 0 Å². The van der Waals surface area contributed by atoms with Gasteiger partial charge < -0.3 is 16.2 Å². The minimum absolute atomic E-state index is 0.541. The fourth-order valence-electron chi connectivity index (χ4n) is 1.36. The third-order valence-corrected chi connectivity index (χ3v) is 2.21. The van der Waals surface area contributed by atoms with E-state index in [9.17, 15) is 0 Å². The number of ether oxygens (including phenoxy) is 1. The summed E-state index contributed by atoms with van der Waals surface area (Å²) in [5, 5.41) is 0.541. The molecule has 0 fully saturated rings. The fraction of sp³-hybridized carbons (Fsp3) is 0. The van der Waals surface area contributed by atoms with Gasteiger partial charge in [-0.1, -0.05) is 17.7 Å². The summed E-state index contributed by atoms with van der Waals surface area (Å²) in [7, 11) is 0. The Hall–Kier alpha value is -1.87. The van der Waals surface area contributed by atoms with E-state index in [0.29, 0.717) is 27.9 Å². The van der Waals surface area contributed by atoms with Gasteiger partial charge in [0.05, 0.1) is 0 Å². The Labute approximate surface area is 98.6 Å². The number of halogens is 1. The van der Waals surface area contributed by atoms with Gasteiger partial charge in [-0.05, 0) is 24.3 Å². The van der Waals surface area contributed by atoms with E-state index < -0.39 is 0 Å². The Bertz CT molecular complexity index is 494. The molecule has 0 atom stereocenters. The number of benzene rings is 2. The van der Waals surface area contributed by atoms with Crippen LogP contribution in [-0.2, 0) is 0 Å². The van der Waals surface area contributed by atoms with Crippen LogP contribution in [0.3, 0.4) is 0 Å². The summed E-state index contributed by atoms with van der Waals surface area (Å²) in [5.41, 5.74) is 12.5. The normalized spacial score (nSPS) is 10.1. The Balaban J connectivity index is 2.27. The average molecular weight is 235 g/mol. The molecule has 0 saturated heterocycles. The SMILES string of the molecule is Nc1cccc(Oc2cc(N)cc(Cl)c2)c1. The van der Waals surface area contributed by atoms with Gasteiger partial charge in [-0.15, -0.1) is 0 Å². The zero-order valence-corrected chi connectivity index (χ0v) is 9.24. The molecule has 3 nitrogen and oxygen atoms in total. The second kappa shape index (κ2) is 4.33. The molecule has 0 saturated carbocycles. The van der Waals surface area contributed by atoms with Crippen LogP contribution in [0.5, 0.6) is 11.5 Å². The van der Waals surface area contributed by atoms with Crippen LogP contribution < -0.4 is 16.2 Å². The summed E-state index contributed by atoms with van der Waals surface area (Å²) in [6.07, 6.45) is 0. The second-order valence-corrected chi connectivity index (χ2v) is 3.83. The Morgan fingerprint density at radius 3 is 2.31 bits per heavy atom. The number of rotatable bonds is 2. The topological polar surface area (TPSA) is 61.3 Å². The van der Waals surface area contributed by atoms with Crippen molar-refractivity contribution in [1.82, 2.24) is 0 Å². The minimum Gasteiger partial charge on any atom is -0.457 e. The number of anilines is 2. The quantitative estimate of drug-likeness (QED) is 0.784. The predicted molar refractivity (Wildman–Crippen MR) is 66.8 cm³/mol. The van der Waals surface area contributed by atoms with Crippen molar-refractivity contribution >= 4 is 23.0 Å². The first kappa shape index (κ1) is 10.6. The number of nitrogens with two attached hydrogens (primary N) is 2. The van der Waals surface area contributed by atoms with Crippen molar-refractivity contribution in [3.05, 3.63) is 47.5 Å². The summed E-state index contributed by atoms with van der Waals surface area (Å²) in [6, 6.07) is 12.2. The highest BCUT2D eigenvalue weighted by Gasteiger charge is 2.00. The third kappa shape index (κ3) is 2.58. The lowest BCUT2D eigenvalue weighted by atomic mass is 10.3. The lowest BCUT2D eigenvalue weighted by Crippen LogP contribution is -1.90. The van der Waals surface area contributed by atoms with Crippen molar-refractivity contribution in [3.63, 3.8) is 0 Å². The van der Waals surface area contributed by atoms with Crippen LogP contribution in [-0.4, -0.2) is 0 Å². The molecule has 0 amide bonds. The zero-order valence-electron chi connectivity index (χ0n) is 8.48. The van der Waals surface area contributed by atoms with E-state index in [4.69, 9.17) is 27.8 Å². The minimum atomic E-state index is 0.541. The molecule has 82 valence electrons. The summed E-state index contributed by atoms with van der Waals surface area (Å²) in [6.45, 7) is 0. The van der Waals surface area contributed by atoms with Gasteiger partial charge >= 0.3 is 0 Å². The lowest BCUT2D eigenvalue weighted by molar-refractivity contribution is 0.483. The van der Waals surface area contributed by atoms with E-state index in [2.05, 4.69) is 0 Å². The highest BCUT2D eigenvalue weighted by Crippen LogP contribution is 2.27. The maximum Gasteiger partial charge on any atom is 0.130 e. The van der Waals surface area contributed by atoms with Gasteiger partial charge in [-0.2, -0.15) is 0 Å². The molecule has 2 aromatic carbocycles. The van der Waals surface area contributed by atoms with Crippen LogP contribution in [0.25, 0.3) is 0 Å². The molecule has 0 aliphatic carbocycles. The average Bonchev–Trinajstić information content (AvgIpc) is 2.15. The highest BCUT2D eigenvalue weighted by atomic mass is 35.5. The fourth-order valence-corrected chi connectivity index (χ4v) is 1.59. The van der Waals surface area contributed by atoms with E-state index >= 15 is 0 Å². The van der Waals surface area contributed by atoms with Crippen LogP contribution in [0.4, 0.5) is 11.4 Å². The summed E-state index contributed by atoms with van der Waals surface area (Å²) >= 11 is 5.86. The second-order valence-electron chi connectivity index (χ2n) is 3.39. The van der Waals surface area contributed by atoms with Gasteiger partial charge in [-0.25, -0.2) is 0 Å². The Morgan fingerprint density at radius 2 is 1.62 bits per heavy atom. The van der Waals surface area contributed by atoms with Gasteiger partial charge in [0.25, 0.3) is 0 Å². The molecular weight excluding hydrogens is 224 g/mol. The summed E-state index contributed by atoms with van der Waals surface area (Å²) < 4.78 is 5.58. The molecular formula is C12H11ClN2O. The Kier molecular flexibility index (Phi) is 2.88. The third-order valence-electron chi connectivity index (χ3n) is 1.99.